The zero-order valence-electron chi connectivity index (χ0n) is 14.4. The van der Waals surface area contributed by atoms with Crippen LogP contribution < -0.4 is 4.90 Å². The van der Waals surface area contributed by atoms with Gasteiger partial charge in [0.05, 0.1) is 25.8 Å². The second-order valence-corrected chi connectivity index (χ2v) is 6.73. The SMILES string of the molecule is O=C(CN1CCOC(Cn2cccn2)C1)N1CCCc2ccccc21. The van der Waals surface area contributed by atoms with E-state index in [1.807, 2.05) is 27.9 Å². The zero-order chi connectivity index (χ0) is 17.1. The van der Waals surface area contributed by atoms with E-state index < -0.39 is 0 Å². The number of morpholine rings is 1. The fourth-order valence-electron chi connectivity index (χ4n) is 3.72. The number of hydrogen-bond donors (Lipinski definition) is 0. The summed E-state index contributed by atoms with van der Waals surface area (Å²) in [5.41, 5.74) is 2.36. The molecule has 25 heavy (non-hydrogen) atoms. The van der Waals surface area contributed by atoms with Crippen molar-refractivity contribution in [3.63, 3.8) is 0 Å². The minimum atomic E-state index is 0.0788. The molecule has 6 heteroatoms. The summed E-state index contributed by atoms with van der Waals surface area (Å²) < 4.78 is 7.72. The Bertz CT molecular complexity index is 716. The molecule has 6 nitrogen and oxygen atoms in total. The van der Waals surface area contributed by atoms with Crippen molar-refractivity contribution in [3.05, 3.63) is 48.3 Å². The van der Waals surface area contributed by atoms with E-state index in [9.17, 15) is 4.79 Å². The highest BCUT2D eigenvalue weighted by Gasteiger charge is 2.27. The van der Waals surface area contributed by atoms with Crippen LogP contribution in [0.3, 0.4) is 0 Å². The highest BCUT2D eigenvalue weighted by molar-refractivity contribution is 5.95. The first-order valence-corrected chi connectivity index (χ1v) is 8.99. The van der Waals surface area contributed by atoms with E-state index >= 15 is 0 Å². The third-order valence-corrected chi connectivity index (χ3v) is 4.94. The Morgan fingerprint density at radius 3 is 3.04 bits per heavy atom. The van der Waals surface area contributed by atoms with Crippen LogP contribution in [0.25, 0.3) is 0 Å². The van der Waals surface area contributed by atoms with Gasteiger partial charge in [-0.1, -0.05) is 18.2 Å². The predicted molar refractivity (Wildman–Crippen MR) is 95.5 cm³/mol. The molecule has 0 radical (unpaired) electrons. The van der Waals surface area contributed by atoms with E-state index in [0.29, 0.717) is 13.2 Å². The molecule has 1 saturated heterocycles. The molecule has 0 aliphatic carbocycles. The molecular weight excluding hydrogens is 316 g/mol. The van der Waals surface area contributed by atoms with Gasteiger partial charge in [0.1, 0.15) is 0 Å². The van der Waals surface area contributed by atoms with Gasteiger partial charge in [0, 0.05) is 37.7 Å². The van der Waals surface area contributed by atoms with Crippen LogP contribution in [-0.2, 0) is 22.5 Å². The van der Waals surface area contributed by atoms with Crippen LogP contribution in [-0.4, -0.2) is 59.5 Å². The molecule has 4 rings (SSSR count). The summed E-state index contributed by atoms with van der Waals surface area (Å²) in [5.74, 6) is 0.187. The number of nitrogens with zero attached hydrogens (tertiary/aromatic N) is 4. The van der Waals surface area contributed by atoms with Crippen molar-refractivity contribution in [2.45, 2.75) is 25.5 Å². The largest absolute Gasteiger partial charge is 0.374 e. The van der Waals surface area contributed by atoms with Gasteiger partial charge in [-0.15, -0.1) is 0 Å². The van der Waals surface area contributed by atoms with Crippen molar-refractivity contribution >= 4 is 11.6 Å². The van der Waals surface area contributed by atoms with Crippen LogP contribution in [0.2, 0.25) is 0 Å². The number of para-hydroxylation sites is 1. The summed E-state index contributed by atoms with van der Waals surface area (Å²) in [6.07, 6.45) is 5.89. The molecule has 2 aromatic rings. The molecule has 0 bridgehead atoms. The van der Waals surface area contributed by atoms with E-state index in [4.69, 9.17) is 4.74 Å². The molecule has 0 N–H and O–H groups in total. The molecule has 1 aromatic heterocycles. The Morgan fingerprint density at radius 1 is 1.24 bits per heavy atom. The van der Waals surface area contributed by atoms with Crippen LogP contribution in [0.1, 0.15) is 12.0 Å². The molecule has 2 aliphatic rings. The Labute approximate surface area is 148 Å². The molecule has 1 aromatic carbocycles. The van der Waals surface area contributed by atoms with Crippen LogP contribution in [0.5, 0.6) is 0 Å². The average Bonchev–Trinajstić information content (AvgIpc) is 3.14. The van der Waals surface area contributed by atoms with Gasteiger partial charge in [-0.2, -0.15) is 5.10 Å². The minimum Gasteiger partial charge on any atom is -0.374 e. The van der Waals surface area contributed by atoms with Crippen molar-refractivity contribution in [1.82, 2.24) is 14.7 Å². The first-order chi connectivity index (χ1) is 12.3. The highest BCUT2D eigenvalue weighted by Crippen LogP contribution is 2.26. The van der Waals surface area contributed by atoms with Crippen molar-refractivity contribution < 1.29 is 9.53 Å². The number of amides is 1. The Morgan fingerprint density at radius 2 is 2.16 bits per heavy atom. The number of carbonyl (C=O) groups is 1. The molecular formula is C19H24N4O2. The van der Waals surface area contributed by atoms with E-state index in [-0.39, 0.29) is 12.0 Å². The van der Waals surface area contributed by atoms with E-state index in [2.05, 4.69) is 28.2 Å². The third kappa shape index (κ3) is 3.75. The fourth-order valence-corrected chi connectivity index (χ4v) is 3.72. The molecule has 1 unspecified atom stereocenters. The number of carbonyl (C=O) groups excluding carboxylic acids is 1. The molecule has 3 heterocycles. The number of anilines is 1. The number of aryl methyl sites for hydroxylation is 1. The normalized spacial score (nSPS) is 21.1. The molecule has 2 aliphatic heterocycles. The number of benzene rings is 1. The quantitative estimate of drug-likeness (QED) is 0.848. The Hall–Kier alpha value is -2.18. The molecule has 1 fully saturated rings. The van der Waals surface area contributed by atoms with Gasteiger partial charge in [-0.25, -0.2) is 0 Å². The van der Waals surface area contributed by atoms with E-state index in [1.54, 1.807) is 6.20 Å². The van der Waals surface area contributed by atoms with Gasteiger partial charge in [0.25, 0.3) is 0 Å². The van der Waals surface area contributed by atoms with Crippen molar-refractivity contribution in [3.8, 4) is 0 Å². The minimum absolute atomic E-state index is 0.0788. The number of aromatic nitrogens is 2. The van der Waals surface area contributed by atoms with Gasteiger partial charge in [0.15, 0.2) is 0 Å². The molecule has 0 spiro atoms. The topological polar surface area (TPSA) is 50.6 Å². The van der Waals surface area contributed by atoms with Crippen LogP contribution in [0, 0.1) is 0 Å². The number of hydrogen-bond acceptors (Lipinski definition) is 4. The lowest BCUT2D eigenvalue weighted by molar-refractivity contribution is -0.122. The van der Waals surface area contributed by atoms with Crippen molar-refractivity contribution in [1.29, 1.82) is 0 Å². The molecule has 132 valence electrons. The van der Waals surface area contributed by atoms with Gasteiger partial charge >= 0.3 is 0 Å². The van der Waals surface area contributed by atoms with Gasteiger partial charge in [0.2, 0.25) is 5.91 Å². The Balaban J connectivity index is 1.38. The summed E-state index contributed by atoms with van der Waals surface area (Å²) in [4.78, 5) is 17.0. The summed E-state index contributed by atoms with van der Waals surface area (Å²) >= 11 is 0. The average molecular weight is 340 g/mol. The van der Waals surface area contributed by atoms with Crippen LogP contribution in [0.4, 0.5) is 5.69 Å². The molecule has 1 amide bonds. The van der Waals surface area contributed by atoms with E-state index in [0.717, 1.165) is 44.7 Å². The van der Waals surface area contributed by atoms with Gasteiger partial charge in [-0.3, -0.25) is 14.4 Å². The van der Waals surface area contributed by atoms with Gasteiger partial charge in [-0.05, 0) is 30.5 Å². The third-order valence-electron chi connectivity index (χ3n) is 4.94. The second-order valence-electron chi connectivity index (χ2n) is 6.73. The summed E-state index contributed by atoms with van der Waals surface area (Å²) in [7, 11) is 0. The molecule has 1 atom stereocenters. The van der Waals surface area contributed by atoms with Crippen molar-refractivity contribution in [2.24, 2.45) is 0 Å². The lowest BCUT2D eigenvalue weighted by atomic mass is 10.0. The van der Waals surface area contributed by atoms with Crippen LogP contribution in [0.15, 0.2) is 42.7 Å². The molecule has 0 saturated carbocycles. The lowest BCUT2D eigenvalue weighted by Crippen LogP contribution is -2.49. The zero-order valence-corrected chi connectivity index (χ0v) is 14.4. The van der Waals surface area contributed by atoms with Crippen LogP contribution >= 0.6 is 0 Å². The summed E-state index contributed by atoms with van der Waals surface area (Å²) in [6.45, 7) is 4.22. The maximum absolute atomic E-state index is 12.9. The Kier molecular flexibility index (Phi) is 4.81. The summed E-state index contributed by atoms with van der Waals surface area (Å²) in [6, 6.07) is 10.2. The maximum Gasteiger partial charge on any atom is 0.241 e. The number of rotatable bonds is 4. The lowest BCUT2D eigenvalue weighted by Gasteiger charge is -2.35. The first kappa shape index (κ1) is 16.3. The summed E-state index contributed by atoms with van der Waals surface area (Å²) in [5, 5.41) is 4.24. The smallest absolute Gasteiger partial charge is 0.241 e. The number of fused-ring (bicyclic) bond motifs is 1. The van der Waals surface area contributed by atoms with E-state index in [1.165, 1.54) is 5.56 Å². The van der Waals surface area contributed by atoms with Crippen molar-refractivity contribution in [2.75, 3.05) is 37.7 Å². The maximum atomic E-state index is 12.9. The fraction of sp³-hybridized carbons (Fsp3) is 0.474. The highest BCUT2D eigenvalue weighted by atomic mass is 16.5. The number of ether oxygens (including phenoxy) is 1. The predicted octanol–water partition coefficient (Wildman–Crippen LogP) is 1.56. The second kappa shape index (κ2) is 7.37. The first-order valence-electron chi connectivity index (χ1n) is 8.99. The monoisotopic (exact) mass is 340 g/mol. The standard InChI is InChI=1S/C19H24N4O2/c24-19(23-10-3-6-16-5-1-2-7-18(16)23)15-21-11-12-25-17(13-21)14-22-9-4-8-20-22/h1-2,4-5,7-9,17H,3,6,10-15H2. The van der Waals surface area contributed by atoms with Gasteiger partial charge < -0.3 is 9.64 Å².